The van der Waals surface area contributed by atoms with Crippen molar-refractivity contribution in [1.82, 2.24) is 9.88 Å². The number of thiophene rings is 1. The number of carbonyl (C=O) groups is 1. The van der Waals surface area contributed by atoms with Crippen LogP contribution in [-0.2, 0) is 13.5 Å². The van der Waals surface area contributed by atoms with Crippen molar-refractivity contribution in [2.24, 2.45) is 7.05 Å². The van der Waals surface area contributed by atoms with Crippen molar-refractivity contribution < 1.29 is 4.79 Å². The summed E-state index contributed by atoms with van der Waals surface area (Å²) in [5, 5.41) is 6.77. The molecule has 0 saturated carbocycles. The Hall–Kier alpha value is -1.78. The molecule has 0 saturated heterocycles. The molecule has 0 aliphatic rings. The molecule has 3 rings (SSSR count). The summed E-state index contributed by atoms with van der Waals surface area (Å²) in [5.74, 6) is -0.0381. The minimum Gasteiger partial charge on any atom is -0.350 e. The smallest absolute Gasteiger partial charge is 0.268 e. The first-order chi connectivity index (χ1) is 10.6. The second-order valence-corrected chi connectivity index (χ2v) is 6.75. The van der Waals surface area contributed by atoms with Crippen LogP contribution in [0.3, 0.4) is 0 Å². The topological polar surface area (TPSA) is 34.0 Å². The highest BCUT2D eigenvalue weighted by atomic mass is 35.5. The molecule has 3 nitrogen and oxygen atoms in total. The molecule has 0 unspecified atom stereocenters. The summed E-state index contributed by atoms with van der Waals surface area (Å²) in [5.41, 5.74) is 2.68. The average Bonchev–Trinajstić information content (AvgIpc) is 3.07. The average molecular weight is 333 g/mol. The van der Waals surface area contributed by atoms with Crippen molar-refractivity contribution in [2.75, 3.05) is 6.54 Å². The number of hydrogen-bond acceptors (Lipinski definition) is 2. The second kappa shape index (κ2) is 6.15. The van der Waals surface area contributed by atoms with Crippen molar-refractivity contribution in [1.29, 1.82) is 0 Å². The van der Waals surface area contributed by atoms with Crippen LogP contribution in [0.4, 0.5) is 0 Å². The summed E-state index contributed by atoms with van der Waals surface area (Å²) in [7, 11) is 1.91. The fraction of sp³-hybridized carbons (Fsp3) is 0.235. The molecule has 5 heteroatoms. The maximum Gasteiger partial charge on any atom is 0.268 e. The third-order valence-corrected chi connectivity index (χ3v) is 5.04. The van der Waals surface area contributed by atoms with Crippen LogP contribution in [0.2, 0.25) is 5.02 Å². The predicted octanol–water partition coefficient (Wildman–Crippen LogP) is 4.17. The van der Waals surface area contributed by atoms with Gasteiger partial charge in [-0.05, 0) is 48.6 Å². The second-order valence-electron chi connectivity index (χ2n) is 5.28. The van der Waals surface area contributed by atoms with Crippen LogP contribution in [0.5, 0.6) is 0 Å². The van der Waals surface area contributed by atoms with Gasteiger partial charge in [0, 0.05) is 34.4 Å². The van der Waals surface area contributed by atoms with Crippen LogP contribution < -0.4 is 5.32 Å². The quantitative estimate of drug-likeness (QED) is 0.764. The van der Waals surface area contributed by atoms with Crippen molar-refractivity contribution >= 4 is 39.7 Å². The molecule has 0 fully saturated rings. The number of aromatic nitrogens is 1. The van der Waals surface area contributed by atoms with E-state index in [4.69, 9.17) is 11.6 Å². The molecule has 22 heavy (non-hydrogen) atoms. The number of aryl methyl sites for hydroxylation is 2. The fourth-order valence-electron chi connectivity index (χ4n) is 2.76. The Labute approximate surface area is 138 Å². The van der Waals surface area contributed by atoms with Crippen LogP contribution in [0, 0.1) is 6.92 Å². The van der Waals surface area contributed by atoms with Crippen molar-refractivity contribution in [3.8, 4) is 0 Å². The molecule has 0 aliphatic heterocycles. The molecule has 1 N–H and O–H groups in total. The van der Waals surface area contributed by atoms with Gasteiger partial charge in [-0.15, -0.1) is 11.3 Å². The molecule has 0 spiro atoms. The minimum atomic E-state index is -0.0381. The van der Waals surface area contributed by atoms with Gasteiger partial charge in [0.2, 0.25) is 0 Å². The molecule has 0 bridgehead atoms. The highest BCUT2D eigenvalue weighted by molar-refractivity contribution is 7.09. The van der Waals surface area contributed by atoms with E-state index in [1.54, 1.807) is 11.3 Å². The van der Waals surface area contributed by atoms with Crippen LogP contribution in [-0.4, -0.2) is 17.0 Å². The van der Waals surface area contributed by atoms with Gasteiger partial charge >= 0.3 is 0 Å². The van der Waals surface area contributed by atoms with E-state index < -0.39 is 0 Å². The van der Waals surface area contributed by atoms with E-state index in [1.165, 1.54) is 4.88 Å². The predicted molar refractivity (Wildman–Crippen MR) is 93.0 cm³/mol. The normalized spacial score (nSPS) is 11.0. The van der Waals surface area contributed by atoms with E-state index in [9.17, 15) is 4.79 Å². The first-order valence-electron chi connectivity index (χ1n) is 7.13. The van der Waals surface area contributed by atoms with Gasteiger partial charge in [-0.25, -0.2) is 0 Å². The number of hydrogen-bond donors (Lipinski definition) is 1. The van der Waals surface area contributed by atoms with E-state index in [0.717, 1.165) is 22.9 Å². The number of nitrogens with one attached hydrogen (secondary N) is 1. The van der Waals surface area contributed by atoms with Crippen molar-refractivity contribution in [3.63, 3.8) is 0 Å². The summed E-state index contributed by atoms with van der Waals surface area (Å²) < 4.78 is 1.93. The Morgan fingerprint density at radius 2 is 2.18 bits per heavy atom. The number of amides is 1. The van der Waals surface area contributed by atoms with Crippen LogP contribution in [0.15, 0.2) is 35.7 Å². The Kier molecular flexibility index (Phi) is 4.23. The zero-order valence-corrected chi connectivity index (χ0v) is 14.1. The Bertz CT molecular complexity index is 821. The monoisotopic (exact) mass is 332 g/mol. The van der Waals surface area contributed by atoms with E-state index in [1.807, 2.05) is 42.8 Å². The number of fused-ring (bicyclic) bond motifs is 1. The Morgan fingerprint density at radius 3 is 2.91 bits per heavy atom. The number of carbonyl (C=O) groups excluding carboxylic acids is 1. The summed E-state index contributed by atoms with van der Waals surface area (Å²) in [4.78, 5) is 13.8. The Morgan fingerprint density at radius 1 is 1.36 bits per heavy atom. The molecule has 3 aromatic rings. The number of rotatable bonds is 4. The number of nitrogens with zero attached hydrogens (tertiary/aromatic N) is 1. The first kappa shape index (κ1) is 15.1. The maximum atomic E-state index is 12.5. The summed E-state index contributed by atoms with van der Waals surface area (Å²) >= 11 is 7.77. The van der Waals surface area contributed by atoms with Gasteiger partial charge in [0.1, 0.15) is 5.69 Å². The van der Waals surface area contributed by atoms with E-state index in [-0.39, 0.29) is 5.91 Å². The zero-order valence-electron chi connectivity index (χ0n) is 12.5. The fourth-order valence-corrected chi connectivity index (χ4v) is 3.64. The maximum absolute atomic E-state index is 12.5. The van der Waals surface area contributed by atoms with Gasteiger partial charge in [0.15, 0.2) is 0 Å². The number of benzene rings is 1. The van der Waals surface area contributed by atoms with Crippen LogP contribution in [0.1, 0.15) is 20.9 Å². The molecule has 2 heterocycles. The SMILES string of the molecule is Cc1c(C(=O)NCCc2cccs2)n(C)c2ccc(Cl)cc12. The largest absolute Gasteiger partial charge is 0.350 e. The molecule has 0 radical (unpaired) electrons. The molecule has 114 valence electrons. The molecule has 0 atom stereocenters. The first-order valence-corrected chi connectivity index (χ1v) is 8.39. The Balaban J connectivity index is 1.81. The van der Waals surface area contributed by atoms with E-state index >= 15 is 0 Å². The molecule has 1 amide bonds. The van der Waals surface area contributed by atoms with E-state index in [0.29, 0.717) is 17.3 Å². The third-order valence-electron chi connectivity index (χ3n) is 3.87. The lowest BCUT2D eigenvalue weighted by Crippen LogP contribution is -2.27. The van der Waals surface area contributed by atoms with Gasteiger partial charge in [0.05, 0.1) is 0 Å². The lowest BCUT2D eigenvalue weighted by Gasteiger charge is -2.07. The lowest BCUT2D eigenvalue weighted by molar-refractivity contribution is 0.0946. The molecule has 2 aromatic heterocycles. The van der Waals surface area contributed by atoms with Crippen molar-refractivity contribution in [3.05, 3.63) is 56.9 Å². The zero-order chi connectivity index (χ0) is 15.7. The number of halogens is 1. The van der Waals surface area contributed by atoms with Gasteiger partial charge in [-0.3, -0.25) is 4.79 Å². The standard InChI is InChI=1S/C17H17ClN2OS/c1-11-14-10-12(18)5-6-15(14)20(2)16(11)17(21)19-8-7-13-4-3-9-22-13/h3-6,9-10H,7-8H2,1-2H3,(H,19,21). The third kappa shape index (κ3) is 2.76. The minimum absolute atomic E-state index is 0.0381. The molecular weight excluding hydrogens is 316 g/mol. The van der Waals surface area contributed by atoms with E-state index in [2.05, 4.69) is 16.8 Å². The van der Waals surface area contributed by atoms with Crippen molar-refractivity contribution in [2.45, 2.75) is 13.3 Å². The highest BCUT2D eigenvalue weighted by Gasteiger charge is 2.18. The lowest BCUT2D eigenvalue weighted by atomic mass is 10.1. The molecular formula is C17H17ClN2OS. The molecule has 0 aliphatic carbocycles. The highest BCUT2D eigenvalue weighted by Crippen LogP contribution is 2.27. The van der Waals surface area contributed by atoms with Gasteiger partial charge in [-0.1, -0.05) is 17.7 Å². The summed E-state index contributed by atoms with van der Waals surface area (Å²) in [6, 6.07) is 9.82. The van der Waals surface area contributed by atoms with Crippen LogP contribution in [0.25, 0.3) is 10.9 Å². The summed E-state index contributed by atoms with van der Waals surface area (Å²) in [6.45, 7) is 2.61. The van der Waals surface area contributed by atoms with Gasteiger partial charge in [0.25, 0.3) is 5.91 Å². The van der Waals surface area contributed by atoms with Crippen LogP contribution >= 0.6 is 22.9 Å². The van der Waals surface area contributed by atoms with Gasteiger partial charge in [-0.2, -0.15) is 0 Å². The molecule has 1 aromatic carbocycles. The summed E-state index contributed by atoms with van der Waals surface area (Å²) in [6.07, 6.45) is 0.859. The van der Waals surface area contributed by atoms with Gasteiger partial charge < -0.3 is 9.88 Å².